The molecule has 0 amide bonds. The standard InChI is InChI=1S/C24H26NO3S/c26-29(27,24-15-14-21-11-4-5-12-22(21)18-24)25-16-6-13-23(25)19-28-17-7-10-20-8-2-1-3-9-20/h1-6,8-9,11-12,14-15,18,23H,7,10,13,16-17,19H2/t23-/m0/s1. The number of hydrogen-bond donors (Lipinski definition) is 0. The molecule has 0 saturated carbocycles. The minimum absolute atomic E-state index is 0.136. The minimum atomic E-state index is -3.54. The van der Waals surface area contributed by atoms with E-state index in [1.165, 1.54) is 5.56 Å². The number of ether oxygens (including phenoxy) is 1. The summed E-state index contributed by atoms with van der Waals surface area (Å²) >= 11 is 0. The van der Waals surface area contributed by atoms with Gasteiger partial charge in [-0.2, -0.15) is 4.31 Å². The highest BCUT2D eigenvalue weighted by atomic mass is 32.2. The highest BCUT2D eigenvalue weighted by Gasteiger charge is 2.35. The van der Waals surface area contributed by atoms with E-state index in [2.05, 4.69) is 12.1 Å². The van der Waals surface area contributed by atoms with Crippen LogP contribution in [0, 0.1) is 6.42 Å². The normalized spacial score (nSPS) is 17.7. The van der Waals surface area contributed by atoms with Crippen LogP contribution in [0.2, 0.25) is 0 Å². The van der Waals surface area contributed by atoms with Gasteiger partial charge < -0.3 is 4.74 Å². The number of benzene rings is 3. The SMILES string of the molecule is O=S(=O)(c1ccc2ccccc2c1)N1C[CH]C[C@H]1COCCCc1ccccc1. The second-order valence-electron chi connectivity index (χ2n) is 7.43. The Kier molecular flexibility index (Phi) is 6.28. The van der Waals surface area contributed by atoms with Crippen molar-refractivity contribution in [2.24, 2.45) is 0 Å². The van der Waals surface area contributed by atoms with Crippen molar-refractivity contribution in [2.45, 2.75) is 30.2 Å². The van der Waals surface area contributed by atoms with Gasteiger partial charge in [0.25, 0.3) is 0 Å². The molecule has 1 saturated heterocycles. The Morgan fingerprint density at radius 3 is 2.52 bits per heavy atom. The fourth-order valence-electron chi connectivity index (χ4n) is 3.81. The van der Waals surface area contributed by atoms with E-state index in [4.69, 9.17) is 4.74 Å². The Balaban J connectivity index is 1.36. The van der Waals surface area contributed by atoms with Gasteiger partial charge in [-0.1, -0.05) is 60.7 Å². The molecule has 1 heterocycles. The quantitative estimate of drug-likeness (QED) is 0.517. The Morgan fingerprint density at radius 2 is 1.69 bits per heavy atom. The van der Waals surface area contributed by atoms with Crippen molar-refractivity contribution in [1.29, 1.82) is 0 Å². The average molecular weight is 409 g/mol. The average Bonchev–Trinajstić information content (AvgIpc) is 3.23. The maximum absolute atomic E-state index is 13.2. The summed E-state index contributed by atoms with van der Waals surface area (Å²) in [6.45, 7) is 1.50. The molecule has 1 atom stereocenters. The molecule has 3 aromatic rings. The molecule has 1 fully saturated rings. The van der Waals surface area contributed by atoms with Gasteiger partial charge in [0.2, 0.25) is 10.0 Å². The van der Waals surface area contributed by atoms with Crippen molar-refractivity contribution >= 4 is 20.8 Å². The molecular weight excluding hydrogens is 382 g/mol. The number of hydrogen-bond acceptors (Lipinski definition) is 3. The molecular formula is C24H26NO3S. The summed E-state index contributed by atoms with van der Waals surface area (Å²) in [7, 11) is -3.54. The van der Waals surface area contributed by atoms with Crippen LogP contribution < -0.4 is 0 Å². The third kappa shape index (κ3) is 4.69. The summed E-state index contributed by atoms with van der Waals surface area (Å²) in [4.78, 5) is 0.348. The van der Waals surface area contributed by atoms with Gasteiger partial charge in [0.05, 0.1) is 11.5 Å². The molecule has 4 rings (SSSR count). The predicted octanol–water partition coefficient (Wildman–Crippen LogP) is 4.46. The molecule has 1 aliphatic heterocycles. The fourth-order valence-corrected chi connectivity index (χ4v) is 5.44. The molecule has 1 radical (unpaired) electrons. The fraction of sp³-hybridized carbons (Fsp3) is 0.292. The van der Waals surface area contributed by atoms with E-state index in [1.807, 2.05) is 55.0 Å². The van der Waals surface area contributed by atoms with Crippen molar-refractivity contribution in [3.05, 3.63) is 84.8 Å². The van der Waals surface area contributed by atoms with Gasteiger partial charge in [0.15, 0.2) is 0 Å². The van der Waals surface area contributed by atoms with Crippen LogP contribution in [-0.2, 0) is 21.2 Å². The van der Waals surface area contributed by atoms with Crippen LogP contribution >= 0.6 is 0 Å². The highest BCUT2D eigenvalue weighted by Crippen LogP contribution is 2.28. The van der Waals surface area contributed by atoms with Gasteiger partial charge in [0.1, 0.15) is 0 Å². The number of fused-ring (bicyclic) bond motifs is 1. The van der Waals surface area contributed by atoms with E-state index < -0.39 is 10.0 Å². The lowest BCUT2D eigenvalue weighted by Gasteiger charge is -2.24. The summed E-state index contributed by atoms with van der Waals surface area (Å²) in [6.07, 6.45) is 4.65. The molecule has 0 aromatic heterocycles. The van der Waals surface area contributed by atoms with Gasteiger partial charge in [-0.15, -0.1) is 0 Å². The molecule has 4 nitrogen and oxygen atoms in total. The summed E-state index contributed by atoms with van der Waals surface area (Å²) in [5, 5.41) is 1.98. The lowest BCUT2D eigenvalue weighted by molar-refractivity contribution is 0.0976. The topological polar surface area (TPSA) is 46.6 Å². The van der Waals surface area contributed by atoms with Gasteiger partial charge in [0, 0.05) is 19.2 Å². The van der Waals surface area contributed by atoms with E-state index in [0.29, 0.717) is 24.7 Å². The van der Waals surface area contributed by atoms with Crippen LogP contribution in [0.3, 0.4) is 0 Å². The van der Waals surface area contributed by atoms with Crippen LogP contribution in [0.5, 0.6) is 0 Å². The first-order valence-electron chi connectivity index (χ1n) is 10.1. The summed E-state index contributed by atoms with van der Waals surface area (Å²) < 4.78 is 33.8. The van der Waals surface area contributed by atoms with Crippen molar-refractivity contribution in [3.63, 3.8) is 0 Å². The molecule has 29 heavy (non-hydrogen) atoms. The van der Waals surface area contributed by atoms with Gasteiger partial charge in [-0.05, 0) is 54.2 Å². The second kappa shape index (κ2) is 9.08. The largest absolute Gasteiger partial charge is 0.380 e. The molecule has 0 aliphatic carbocycles. The van der Waals surface area contributed by atoms with Crippen LogP contribution in [0.4, 0.5) is 0 Å². The van der Waals surface area contributed by atoms with E-state index in [9.17, 15) is 8.42 Å². The van der Waals surface area contributed by atoms with Crippen LogP contribution in [0.15, 0.2) is 77.7 Å². The van der Waals surface area contributed by atoms with Crippen LogP contribution in [0.25, 0.3) is 10.8 Å². The van der Waals surface area contributed by atoms with Gasteiger partial charge in [-0.3, -0.25) is 0 Å². The molecule has 0 bridgehead atoms. The Bertz CT molecular complexity index is 1050. The summed E-state index contributed by atoms with van der Waals surface area (Å²) in [6, 6.07) is 23.3. The lowest BCUT2D eigenvalue weighted by Crippen LogP contribution is -2.38. The number of sulfonamides is 1. The Morgan fingerprint density at radius 1 is 0.931 bits per heavy atom. The Hall–Kier alpha value is -2.21. The molecule has 1 aliphatic rings. The van der Waals surface area contributed by atoms with Crippen molar-refractivity contribution in [1.82, 2.24) is 4.31 Å². The summed E-state index contributed by atoms with van der Waals surface area (Å²) in [5.41, 5.74) is 1.30. The first kappa shape index (κ1) is 20.1. The molecule has 0 unspecified atom stereocenters. The first-order chi connectivity index (χ1) is 14.1. The van der Waals surface area contributed by atoms with Crippen molar-refractivity contribution < 1.29 is 13.2 Å². The minimum Gasteiger partial charge on any atom is -0.380 e. The third-order valence-corrected chi connectivity index (χ3v) is 7.30. The first-order valence-corrected chi connectivity index (χ1v) is 11.5. The Labute approximate surface area is 173 Å². The van der Waals surface area contributed by atoms with Crippen molar-refractivity contribution in [3.8, 4) is 0 Å². The van der Waals surface area contributed by atoms with Gasteiger partial charge >= 0.3 is 0 Å². The molecule has 5 heteroatoms. The van der Waals surface area contributed by atoms with E-state index in [-0.39, 0.29) is 6.04 Å². The van der Waals surface area contributed by atoms with Crippen LogP contribution in [0.1, 0.15) is 18.4 Å². The number of rotatable bonds is 8. The molecule has 151 valence electrons. The number of nitrogens with zero attached hydrogens (tertiary/aromatic N) is 1. The third-order valence-electron chi connectivity index (χ3n) is 5.39. The van der Waals surface area contributed by atoms with Crippen molar-refractivity contribution in [2.75, 3.05) is 19.8 Å². The van der Waals surface area contributed by atoms with E-state index in [1.54, 1.807) is 16.4 Å². The van der Waals surface area contributed by atoms with Gasteiger partial charge in [-0.25, -0.2) is 8.42 Å². The maximum Gasteiger partial charge on any atom is 0.243 e. The predicted molar refractivity (Wildman–Crippen MR) is 116 cm³/mol. The zero-order valence-corrected chi connectivity index (χ0v) is 17.2. The molecule has 0 spiro atoms. The number of aryl methyl sites for hydroxylation is 1. The van der Waals surface area contributed by atoms with Crippen LogP contribution in [-0.4, -0.2) is 38.5 Å². The molecule has 0 N–H and O–H groups in total. The smallest absolute Gasteiger partial charge is 0.243 e. The van der Waals surface area contributed by atoms with E-state index >= 15 is 0 Å². The zero-order valence-electron chi connectivity index (χ0n) is 16.4. The van der Waals surface area contributed by atoms with E-state index in [0.717, 1.165) is 30.0 Å². The second-order valence-corrected chi connectivity index (χ2v) is 9.32. The highest BCUT2D eigenvalue weighted by molar-refractivity contribution is 7.89. The summed E-state index contributed by atoms with van der Waals surface area (Å²) in [5.74, 6) is 0. The maximum atomic E-state index is 13.2. The zero-order chi connectivity index (χ0) is 20.1. The molecule has 3 aromatic carbocycles. The monoisotopic (exact) mass is 408 g/mol. The lowest BCUT2D eigenvalue weighted by atomic mass is 10.1.